The highest BCUT2D eigenvalue weighted by atomic mass is 32.2. The second-order valence-corrected chi connectivity index (χ2v) is 7.97. The third-order valence-corrected chi connectivity index (χ3v) is 5.78. The smallest absolute Gasteiger partial charge is 0.311 e. The lowest BCUT2D eigenvalue weighted by Gasteiger charge is -2.09. The van der Waals surface area contributed by atoms with E-state index in [0.717, 1.165) is 0 Å². The Morgan fingerprint density at radius 1 is 1.50 bits per heavy atom. The Balaban J connectivity index is 1.91. The Hall–Kier alpha value is -1.89. The monoisotopic (exact) mass is 381 g/mol. The summed E-state index contributed by atoms with van der Waals surface area (Å²) in [6, 6.07) is 3.70. The number of nitrogens with one attached hydrogen (secondary N) is 1. The molecule has 0 aromatic carbocycles. The molecule has 126 valence electrons. The lowest BCUT2D eigenvalue weighted by atomic mass is 10.3. The Labute approximate surface area is 151 Å². The second-order valence-electron chi connectivity index (χ2n) is 4.61. The van der Waals surface area contributed by atoms with Crippen LogP contribution in [-0.2, 0) is 20.7 Å². The number of carbonyl (C=O) groups is 2. The highest BCUT2D eigenvalue weighted by Gasteiger charge is 2.19. The normalized spacial score (nSPS) is 11.5. The molecule has 0 aliphatic carbocycles. The molecule has 2 aromatic rings. The minimum atomic E-state index is -0.375. The molecule has 6 nitrogen and oxygen atoms in total. The lowest BCUT2D eigenvalue weighted by Crippen LogP contribution is -2.22. The van der Waals surface area contributed by atoms with Crippen molar-refractivity contribution >= 4 is 51.3 Å². The van der Waals surface area contributed by atoms with Crippen LogP contribution in [0.1, 0.15) is 25.1 Å². The van der Waals surface area contributed by atoms with E-state index in [9.17, 15) is 9.59 Å². The molecule has 2 heterocycles. The molecule has 0 saturated carbocycles. The number of carbonyl (C=O) groups excluding carboxylic acids is 2. The Morgan fingerprint density at radius 2 is 2.29 bits per heavy atom. The van der Waals surface area contributed by atoms with Gasteiger partial charge in [-0.2, -0.15) is 5.26 Å². The van der Waals surface area contributed by atoms with Crippen LogP contribution in [0.25, 0.3) is 0 Å². The van der Waals surface area contributed by atoms with Crippen molar-refractivity contribution in [2.24, 2.45) is 0 Å². The van der Waals surface area contributed by atoms with Gasteiger partial charge in [0, 0.05) is 5.38 Å². The Morgan fingerprint density at radius 3 is 3.00 bits per heavy atom. The van der Waals surface area contributed by atoms with Crippen LogP contribution in [0.5, 0.6) is 0 Å². The number of hydrogen-bond acceptors (Lipinski definition) is 8. The summed E-state index contributed by atoms with van der Waals surface area (Å²) in [4.78, 5) is 28.0. The van der Waals surface area contributed by atoms with E-state index in [0.29, 0.717) is 27.2 Å². The molecule has 0 bridgehead atoms. The maximum absolute atomic E-state index is 12.2. The molecular weight excluding hydrogens is 366 g/mol. The maximum Gasteiger partial charge on any atom is 0.311 e. The van der Waals surface area contributed by atoms with Gasteiger partial charge in [-0.25, -0.2) is 4.98 Å². The highest BCUT2D eigenvalue weighted by Crippen LogP contribution is 2.29. The molecule has 1 N–H and O–H groups in total. The van der Waals surface area contributed by atoms with Crippen molar-refractivity contribution < 1.29 is 14.3 Å². The summed E-state index contributed by atoms with van der Waals surface area (Å²) in [6.45, 7) is 3.87. The van der Waals surface area contributed by atoms with Crippen molar-refractivity contribution in [2.45, 2.75) is 29.9 Å². The van der Waals surface area contributed by atoms with Crippen LogP contribution in [0.2, 0.25) is 0 Å². The first-order valence-corrected chi connectivity index (χ1v) is 9.72. The summed E-state index contributed by atoms with van der Waals surface area (Å²) in [5.74, 6) is -0.507. The fraction of sp³-hybridized carbons (Fsp3) is 0.333. The van der Waals surface area contributed by atoms with Gasteiger partial charge in [0.25, 0.3) is 0 Å². The van der Waals surface area contributed by atoms with Crippen molar-refractivity contribution in [1.29, 1.82) is 5.26 Å². The first-order valence-electron chi connectivity index (χ1n) is 7.08. The SMILES string of the molecule is CCOC(=O)Cc1csc(S[C@H](C)C(=O)Nc2sccc2C#N)n1. The van der Waals surface area contributed by atoms with Crippen LogP contribution < -0.4 is 5.32 Å². The second kappa shape index (κ2) is 8.82. The number of thiophene rings is 1. The molecule has 0 unspecified atom stereocenters. The summed E-state index contributed by atoms with van der Waals surface area (Å²) in [5.41, 5.74) is 1.09. The van der Waals surface area contributed by atoms with Crippen LogP contribution >= 0.6 is 34.4 Å². The van der Waals surface area contributed by atoms with Gasteiger partial charge in [-0.05, 0) is 25.3 Å². The third-order valence-electron chi connectivity index (χ3n) is 2.83. The Bertz CT molecular complexity index is 763. The first-order chi connectivity index (χ1) is 11.5. The molecule has 2 aromatic heterocycles. The molecule has 0 aliphatic heterocycles. The molecule has 2 rings (SSSR count). The summed E-state index contributed by atoms with van der Waals surface area (Å²) in [6.07, 6.45) is 0.131. The maximum atomic E-state index is 12.2. The number of nitriles is 1. The quantitative estimate of drug-likeness (QED) is 0.584. The number of anilines is 1. The average molecular weight is 382 g/mol. The van der Waals surface area contributed by atoms with Crippen molar-refractivity contribution in [3.05, 3.63) is 28.1 Å². The van der Waals surface area contributed by atoms with Gasteiger partial charge >= 0.3 is 5.97 Å². The van der Waals surface area contributed by atoms with Crippen LogP contribution in [0.4, 0.5) is 5.00 Å². The summed E-state index contributed by atoms with van der Waals surface area (Å²) in [5, 5.41) is 15.4. The fourth-order valence-electron chi connectivity index (χ4n) is 1.70. The van der Waals surface area contributed by atoms with Gasteiger partial charge in [-0.15, -0.1) is 22.7 Å². The molecule has 0 radical (unpaired) electrons. The number of hydrogen-bond donors (Lipinski definition) is 1. The molecule has 1 atom stereocenters. The average Bonchev–Trinajstić information content (AvgIpc) is 3.16. The van der Waals surface area contributed by atoms with Gasteiger partial charge in [-0.1, -0.05) is 11.8 Å². The van der Waals surface area contributed by atoms with Gasteiger partial charge in [0.15, 0.2) is 4.34 Å². The zero-order valence-electron chi connectivity index (χ0n) is 13.1. The molecule has 0 spiro atoms. The minimum absolute atomic E-state index is 0.131. The zero-order valence-corrected chi connectivity index (χ0v) is 15.5. The predicted octanol–water partition coefficient (Wildman–Crippen LogP) is 3.30. The summed E-state index contributed by atoms with van der Waals surface area (Å²) >= 11 is 4.01. The summed E-state index contributed by atoms with van der Waals surface area (Å²) < 4.78 is 5.60. The van der Waals surface area contributed by atoms with Crippen molar-refractivity contribution in [3.8, 4) is 6.07 Å². The first kappa shape index (κ1) is 18.4. The van der Waals surface area contributed by atoms with Crippen LogP contribution in [0, 0.1) is 11.3 Å². The zero-order chi connectivity index (χ0) is 17.5. The van der Waals surface area contributed by atoms with E-state index in [-0.39, 0.29) is 23.5 Å². The van der Waals surface area contributed by atoms with E-state index in [1.54, 1.807) is 30.7 Å². The van der Waals surface area contributed by atoms with Gasteiger partial charge in [0.2, 0.25) is 5.91 Å². The number of rotatable bonds is 7. The van der Waals surface area contributed by atoms with E-state index >= 15 is 0 Å². The van der Waals surface area contributed by atoms with E-state index in [1.807, 2.05) is 6.07 Å². The number of aromatic nitrogens is 1. The van der Waals surface area contributed by atoms with Crippen molar-refractivity contribution in [1.82, 2.24) is 4.98 Å². The van der Waals surface area contributed by atoms with E-state index in [2.05, 4.69) is 10.3 Å². The van der Waals surface area contributed by atoms with Crippen LogP contribution in [-0.4, -0.2) is 28.7 Å². The largest absolute Gasteiger partial charge is 0.466 e. The predicted molar refractivity (Wildman–Crippen MR) is 95.4 cm³/mol. The molecule has 0 fully saturated rings. The number of thiazole rings is 1. The van der Waals surface area contributed by atoms with E-state index < -0.39 is 0 Å². The van der Waals surface area contributed by atoms with Crippen LogP contribution in [0.3, 0.4) is 0 Å². The number of nitrogens with zero attached hydrogens (tertiary/aromatic N) is 2. The summed E-state index contributed by atoms with van der Waals surface area (Å²) in [7, 11) is 0. The van der Waals surface area contributed by atoms with E-state index in [1.165, 1.54) is 34.4 Å². The molecule has 0 aliphatic rings. The number of thioether (sulfide) groups is 1. The topological polar surface area (TPSA) is 92.1 Å². The van der Waals surface area contributed by atoms with Gasteiger partial charge in [0.1, 0.15) is 11.1 Å². The van der Waals surface area contributed by atoms with Crippen molar-refractivity contribution in [2.75, 3.05) is 11.9 Å². The standard InChI is InChI=1S/C15H15N3O3S3/c1-3-21-12(19)6-11-8-23-15(17-11)24-9(2)13(20)18-14-10(7-16)4-5-22-14/h4-5,8-9H,3,6H2,1-2H3,(H,18,20)/t9-/m1/s1. The van der Waals surface area contributed by atoms with Crippen molar-refractivity contribution in [3.63, 3.8) is 0 Å². The van der Waals surface area contributed by atoms with Gasteiger partial charge in [0.05, 0.1) is 29.5 Å². The third kappa shape index (κ3) is 5.06. The Kier molecular flexibility index (Phi) is 6.78. The molecule has 9 heteroatoms. The fourth-order valence-corrected chi connectivity index (χ4v) is 4.42. The minimum Gasteiger partial charge on any atom is -0.466 e. The molecule has 0 saturated heterocycles. The van der Waals surface area contributed by atoms with E-state index in [4.69, 9.17) is 10.00 Å². The van der Waals surface area contributed by atoms with Gasteiger partial charge < -0.3 is 10.1 Å². The van der Waals surface area contributed by atoms with Crippen LogP contribution in [0.15, 0.2) is 21.2 Å². The number of amides is 1. The molecule has 24 heavy (non-hydrogen) atoms. The highest BCUT2D eigenvalue weighted by molar-refractivity contribution is 8.02. The van der Waals surface area contributed by atoms with Gasteiger partial charge in [-0.3, -0.25) is 9.59 Å². The lowest BCUT2D eigenvalue weighted by molar-refractivity contribution is -0.142. The molecule has 1 amide bonds. The number of ether oxygens (including phenoxy) is 1. The number of esters is 1. The molecular formula is C15H15N3O3S3.